The van der Waals surface area contributed by atoms with Crippen LogP contribution in [-0.2, 0) is 6.54 Å². The molecule has 2 aromatic heterocycles. The summed E-state index contributed by atoms with van der Waals surface area (Å²) in [7, 11) is 0. The van der Waals surface area contributed by atoms with E-state index >= 15 is 0 Å². The van der Waals surface area contributed by atoms with E-state index in [1.165, 1.54) is 0 Å². The number of carbonyl (C=O) groups excluding carboxylic acids is 1. The van der Waals surface area contributed by atoms with E-state index < -0.39 is 5.60 Å². The summed E-state index contributed by atoms with van der Waals surface area (Å²) in [4.78, 5) is 16.4. The van der Waals surface area contributed by atoms with Crippen molar-refractivity contribution in [3.05, 3.63) is 35.8 Å². The van der Waals surface area contributed by atoms with Crippen molar-refractivity contribution < 1.29 is 9.90 Å². The Morgan fingerprint density at radius 3 is 2.79 bits per heavy atom. The molecule has 132 valence electrons. The van der Waals surface area contributed by atoms with Crippen LogP contribution in [0.3, 0.4) is 0 Å². The first-order chi connectivity index (χ1) is 11.3. The number of aliphatic hydroxyl groups is 1. The molecular weight excluding hydrogens is 304 g/mol. The van der Waals surface area contributed by atoms with Crippen LogP contribution in [0.5, 0.6) is 0 Å². The van der Waals surface area contributed by atoms with E-state index in [1.54, 1.807) is 6.92 Å². The highest BCUT2D eigenvalue weighted by molar-refractivity contribution is 5.73. The molecule has 3 N–H and O–H groups in total. The highest BCUT2D eigenvalue weighted by atomic mass is 16.3. The van der Waals surface area contributed by atoms with Crippen molar-refractivity contribution >= 4 is 11.7 Å². The summed E-state index contributed by atoms with van der Waals surface area (Å²) in [6, 6.07) is 5.61. The largest absolute Gasteiger partial charge is 0.388 e. The van der Waals surface area contributed by atoms with E-state index in [0.29, 0.717) is 18.9 Å². The van der Waals surface area contributed by atoms with E-state index in [9.17, 15) is 9.90 Å². The Labute approximate surface area is 143 Å². The number of nitrogens with zero attached hydrogens (tertiary/aromatic N) is 2. The number of nitrogens with one attached hydrogen (secondary N) is 2. The molecule has 1 unspecified atom stereocenters. The Hall–Kier alpha value is -2.08. The van der Waals surface area contributed by atoms with Crippen LogP contribution < -0.4 is 10.6 Å². The molecule has 6 nitrogen and oxygen atoms in total. The van der Waals surface area contributed by atoms with Crippen LogP contribution in [0, 0.1) is 12.8 Å². The predicted octanol–water partition coefficient (Wildman–Crippen LogP) is 2.63. The van der Waals surface area contributed by atoms with Gasteiger partial charge in [-0.25, -0.2) is 9.78 Å². The minimum Gasteiger partial charge on any atom is -0.388 e. The Bertz CT molecular complexity index is 691. The number of urea groups is 1. The normalized spacial score (nSPS) is 13.9. The summed E-state index contributed by atoms with van der Waals surface area (Å²) in [6.45, 7) is 8.58. The van der Waals surface area contributed by atoms with Crippen LogP contribution >= 0.6 is 0 Å². The van der Waals surface area contributed by atoms with E-state index in [1.807, 2.05) is 35.7 Å². The van der Waals surface area contributed by atoms with Crippen LogP contribution in [0.2, 0.25) is 0 Å². The third kappa shape index (κ3) is 5.23. The number of pyridine rings is 1. The van der Waals surface area contributed by atoms with Gasteiger partial charge in [-0.2, -0.15) is 0 Å². The van der Waals surface area contributed by atoms with E-state index in [0.717, 1.165) is 23.5 Å². The molecule has 2 aromatic rings. The Morgan fingerprint density at radius 2 is 2.12 bits per heavy atom. The van der Waals surface area contributed by atoms with Crippen molar-refractivity contribution in [1.29, 1.82) is 0 Å². The molecule has 0 bridgehead atoms. The summed E-state index contributed by atoms with van der Waals surface area (Å²) in [6.07, 6.45) is 3.51. The average Bonchev–Trinajstić information content (AvgIpc) is 2.94. The monoisotopic (exact) mass is 332 g/mol. The van der Waals surface area contributed by atoms with Gasteiger partial charge in [-0.05, 0) is 44.7 Å². The minimum absolute atomic E-state index is 0.232. The molecule has 0 aromatic carbocycles. The molecule has 0 aliphatic heterocycles. The highest BCUT2D eigenvalue weighted by Crippen LogP contribution is 2.15. The zero-order valence-corrected chi connectivity index (χ0v) is 15.0. The SMILES string of the molecule is Cc1cccc2nc(CNC(=O)NCC(C)(O)CCC(C)C)cn12. The first kappa shape index (κ1) is 18.3. The lowest BCUT2D eigenvalue weighted by Crippen LogP contribution is -2.44. The van der Waals surface area contributed by atoms with Gasteiger partial charge in [0.25, 0.3) is 0 Å². The van der Waals surface area contributed by atoms with Gasteiger partial charge >= 0.3 is 6.03 Å². The lowest BCUT2D eigenvalue weighted by Gasteiger charge is -2.24. The molecule has 0 aliphatic carbocycles. The van der Waals surface area contributed by atoms with Crippen molar-refractivity contribution in [1.82, 2.24) is 20.0 Å². The van der Waals surface area contributed by atoms with Crippen molar-refractivity contribution in [2.24, 2.45) is 5.92 Å². The zero-order chi connectivity index (χ0) is 17.7. The Balaban J connectivity index is 1.81. The Morgan fingerprint density at radius 1 is 1.38 bits per heavy atom. The quantitative estimate of drug-likeness (QED) is 0.729. The fourth-order valence-corrected chi connectivity index (χ4v) is 2.48. The van der Waals surface area contributed by atoms with Gasteiger partial charge in [0.2, 0.25) is 0 Å². The van der Waals surface area contributed by atoms with Gasteiger partial charge in [0.15, 0.2) is 0 Å². The van der Waals surface area contributed by atoms with E-state index in [4.69, 9.17) is 0 Å². The Kier molecular flexibility index (Phi) is 5.83. The standard InChI is InChI=1S/C18H28N4O2/c1-13(2)8-9-18(4,24)12-20-17(23)19-10-15-11-22-14(3)6-5-7-16(22)21-15/h5-7,11,13,24H,8-10,12H2,1-4H3,(H2,19,20,23). The van der Waals surface area contributed by atoms with E-state index in [2.05, 4.69) is 29.5 Å². The molecule has 0 saturated carbocycles. The number of rotatable bonds is 7. The predicted molar refractivity (Wildman–Crippen MR) is 94.9 cm³/mol. The van der Waals surface area contributed by atoms with Gasteiger partial charge in [-0.1, -0.05) is 19.9 Å². The number of carbonyl (C=O) groups is 1. The molecule has 2 heterocycles. The lowest BCUT2D eigenvalue weighted by molar-refractivity contribution is 0.0476. The zero-order valence-electron chi connectivity index (χ0n) is 15.0. The second-order valence-electron chi connectivity index (χ2n) is 7.09. The van der Waals surface area contributed by atoms with Gasteiger partial charge in [-0.3, -0.25) is 0 Å². The maximum atomic E-state index is 11.9. The van der Waals surface area contributed by atoms with Crippen LogP contribution in [0.25, 0.3) is 5.65 Å². The third-order valence-electron chi connectivity index (χ3n) is 4.07. The molecule has 0 aliphatic rings. The minimum atomic E-state index is -0.887. The average molecular weight is 332 g/mol. The summed E-state index contributed by atoms with van der Waals surface area (Å²) >= 11 is 0. The van der Waals surface area contributed by atoms with Gasteiger partial charge in [-0.15, -0.1) is 0 Å². The first-order valence-corrected chi connectivity index (χ1v) is 8.44. The maximum Gasteiger partial charge on any atom is 0.315 e. The number of hydrogen-bond acceptors (Lipinski definition) is 3. The van der Waals surface area contributed by atoms with Crippen molar-refractivity contribution in [3.8, 4) is 0 Å². The van der Waals surface area contributed by atoms with Crippen molar-refractivity contribution in [2.45, 2.75) is 52.7 Å². The third-order valence-corrected chi connectivity index (χ3v) is 4.07. The molecule has 0 fully saturated rings. The molecule has 24 heavy (non-hydrogen) atoms. The molecule has 1 atom stereocenters. The summed E-state index contributed by atoms with van der Waals surface area (Å²) in [5.41, 5.74) is 1.87. The molecule has 0 radical (unpaired) electrons. The van der Waals surface area contributed by atoms with Gasteiger partial charge in [0.1, 0.15) is 5.65 Å². The second-order valence-corrected chi connectivity index (χ2v) is 7.09. The molecule has 0 spiro atoms. The number of imidazole rings is 1. The second kappa shape index (κ2) is 7.66. The maximum absolute atomic E-state index is 11.9. The number of amides is 2. The summed E-state index contributed by atoms with van der Waals surface area (Å²) in [5.74, 6) is 0.531. The van der Waals surface area contributed by atoms with Crippen molar-refractivity contribution in [3.63, 3.8) is 0 Å². The molecule has 2 rings (SSSR count). The van der Waals surface area contributed by atoms with E-state index in [-0.39, 0.29) is 12.6 Å². The fourth-order valence-electron chi connectivity index (χ4n) is 2.48. The number of aryl methyl sites for hydroxylation is 1. The van der Waals surface area contributed by atoms with Gasteiger partial charge in [0.05, 0.1) is 17.8 Å². The lowest BCUT2D eigenvalue weighted by atomic mass is 9.95. The summed E-state index contributed by atoms with van der Waals surface area (Å²) < 4.78 is 1.99. The molecule has 0 saturated heterocycles. The number of hydrogen-bond donors (Lipinski definition) is 3. The smallest absolute Gasteiger partial charge is 0.315 e. The molecular formula is C18H28N4O2. The van der Waals surface area contributed by atoms with Gasteiger partial charge < -0.3 is 20.1 Å². The highest BCUT2D eigenvalue weighted by Gasteiger charge is 2.21. The first-order valence-electron chi connectivity index (χ1n) is 8.44. The topological polar surface area (TPSA) is 78.7 Å². The van der Waals surface area contributed by atoms with Crippen LogP contribution in [-0.4, -0.2) is 32.7 Å². The van der Waals surface area contributed by atoms with Gasteiger partial charge in [0, 0.05) is 18.4 Å². The molecule has 2 amide bonds. The number of fused-ring (bicyclic) bond motifs is 1. The fraction of sp³-hybridized carbons (Fsp3) is 0.556. The van der Waals surface area contributed by atoms with Crippen LogP contribution in [0.1, 0.15) is 45.0 Å². The summed E-state index contributed by atoms with van der Waals surface area (Å²) in [5, 5.41) is 15.8. The molecule has 6 heteroatoms. The number of aromatic nitrogens is 2. The van der Waals surface area contributed by atoms with Crippen LogP contribution in [0.15, 0.2) is 24.4 Å². The van der Waals surface area contributed by atoms with Crippen LogP contribution in [0.4, 0.5) is 4.79 Å². The van der Waals surface area contributed by atoms with Crippen molar-refractivity contribution in [2.75, 3.05) is 6.54 Å².